The summed E-state index contributed by atoms with van der Waals surface area (Å²) in [4.78, 5) is 40.8. The van der Waals surface area contributed by atoms with E-state index in [4.69, 9.17) is 9.57 Å². The van der Waals surface area contributed by atoms with Crippen LogP contribution >= 0.6 is 0 Å². The van der Waals surface area contributed by atoms with Crippen LogP contribution < -0.4 is 20.3 Å². The minimum Gasteiger partial charge on any atom is -0.439 e. The van der Waals surface area contributed by atoms with E-state index in [1.165, 1.54) is 25.4 Å². The van der Waals surface area contributed by atoms with Gasteiger partial charge in [0, 0.05) is 30.5 Å². The van der Waals surface area contributed by atoms with Gasteiger partial charge in [-0.1, -0.05) is 6.07 Å². The van der Waals surface area contributed by atoms with Crippen LogP contribution in [0, 0.1) is 12.3 Å². The van der Waals surface area contributed by atoms with E-state index >= 15 is 0 Å². The second-order valence-corrected chi connectivity index (χ2v) is 11.0. The number of hydroxylamine groups is 2. The largest absolute Gasteiger partial charge is 0.439 e. The smallest absolute Gasteiger partial charge is 0.416 e. The summed E-state index contributed by atoms with van der Waals surface area (Å²) in [5.41, 5.74) is -0.914. The predicted molar refractivity (Wildman–Crippen MR) is 151 cm³/mol. The number of nitrogens with one attached hydrogen (secondary N) is 2. The molecule has 3 aromatic rings. The molecule has 2 N–H and O–H groups in total. The third-order valence-electron chi connectivity index (χ3n) is 6.47. The van der Waals surface area contributed by atoms with Crippen molar-refractivity contribution in [2.24, 2.45) is 5.41 Å². The highest BCUT2D eigenvalue weighted by atomic mass is 19.4. The normalized spacial score (nSPS) is 16.1. The maximum Gasteiger partial charge on any atom is 0.416 e. The zero-order valence-electron chi connectivity index (χ0n) is 24.0. The summed E-state index contributed by atoms with van der Waals surface area (Å²) < 4.78 is 45.3. The van der Waals surface area contributed by atoms with E-state index in [-0.39, 0.29) is 23.3 Å². The molecular weight excluding hydrogens is 553 g/mol. The lowest BCUT2D eigenvalue weighted by atomic mass is 9.98. The van der Waals surface area contributed by atoms with E-state index in [9.17, 15) is 22.8 Å². The molecule has 1 aromatic heterocycles. The van der Waals surface area contributed by atoms with Gasteiger partial charge in [0.25, 0.3) is 0 Å². The maximum atomic E-state index is 13.2. The Morgan fingerprint density at radius 3 is 2.26 bits per heavy atom. The van der Waals surface area contributed by atoms with Gasteiger partial charge < -0.3 is 25.1 Å². The highest BCUT2D eigenvalue weighted by Gasteiger charge is 2.33. The lowest BCUT2D eigenvalue weighted by Gasteiger charge is -2.39. The average molecular weight is 587 g/mol. The monoisotopic (exact) mass is 586 g/mol. The Morgan fingerprint density at radius 2 is 1.62 bits per heavy atom. The van der Waals surface area contributed by atoms with Gasteiger partial charge in [0.2, 0.25) is 5.88 Å². The van der Waals surface area contributed by atoms with E-state index in [0.29, 0.717) is 42.8 Å². The lowest BCUT2D eigenvalue weighted by Crippen LogP contribution is -2.53. The fraction of sp³-hybridized carbons (Fsp3) is 0.379. The summed E-state index contributed by atoms with van der Waals surface area (Å²) in [6, 6.07) is 11.0. The van der Waals surface area contributed by atoms with Crippen LogP contribution in [0.25, 0.3) is 0 Å². The molecule has 0 spiro atoms. The lowest BCUT2D eigenvalue weighted by molar-refractivity contribution is -0.211. The number of urea groups is 1. The standard InChI is InChI=1S/C29H33F3N6O4/c1-18-6-7-21(14-23(18)29(30,31)32)36-27(40)35-20-8-10-22(11-9-20)41-25-15-24(33-17-34-25)37-12-13-38(19(2)16-37)42-26(39)28(3,4)5/h6-11,14-15,17,19H,12-13,16H2,1-5H3,(H2,35,36,40)/t19-/m1/s1. The first kappa shape index (κ1) is 30.6. The third kappa shape index (κ3) is 7.87. The van der Waals surface area contributed by atoms with Crippen molar-refractivity contribution in [1.29, 1.82) is 0 Å². The summed E-state index contributed by atoms with van der Waals surface area (Å²) in [6.07, 6.45) is -3.12. The van der Waals surface area contributed by atoms with Gasteiger partial charge in [-0.15, -0.1) is 5.06 Å². The number of hydrogen-bond acceptors (Lipinski definition) is 8. The number of hydrogen-bond donors (Lipinski definition) is 2. The molecule has 0 radical (unpaired) electrons. The van der Waals surface area contributed by atoms with Crippen LogP contribution in [0.5, 0.6) is 11.6 Å². The second-order valence-electron chi connectivity index (χ2n) is 11.0. The van der Waals surface area contributed by atoms with Crippen LogP contribution in [0.1, 0.15) is 38.8 Å². The number of benzene rings is 2. The SMILES string of the molecule is Cc1ccc(NC(=O)Nc2ccc(Oc3cc(N4CCN(OC(=O)C(C)(C)C)[C@H](C)C4)ncn3)cc2)cc1C(F)(F)F. The van der Waals surface area contributed by atoms with Crippen molar-refractivity contribution in [1.82, 2.24) is 15.0 Å². The molecule has 2 amide bonds. The zero-order valence-corrected chi connectivity index (χ0v) is 24.0. The quantitative estimate of drug-likeness (QED) is 0.349. The molecule has 10 nitrogen and oxygen atoms in total. The van der Waals surface area contributed by atoms with Crippen molar-refractivity contribution >= 4 is 29.2 Å². The number of aryl methyl sites for hydroxylation is 1. The van der Waals surface area contributed by atoms with Gasteiger partial charge >= 0.3 is 18.2 Å². The fourth-order valence-electron chi connectivity index (χ4n) is 4.11. The van der Waals surface area contributed by atoms with E-state index < -0.39 is 23.2 Å². The summed E-state index contributed by atoms with van der Waals surface area (Å²) in [6.45, 7) is 10.4. The Bertz CT molecular complexity index is 1430. The molecule has 13 heteroatoms. The molecule has 1 saturated heterocycles. The number of carbonyl (C=O) groups is 2. The fourth-order valence-corrected chi connectivity index (χ4v) is 4.11. The molecule has 1 aliphatic heterocycles. The Labute approximate surface area is 241 Å². The van der Waals surface area contributed by atoms with Crippen LogP contribution in [0.3, 0.4) is 0 Å². The topological polar surface area (TPSA) is 109 Å². The first-order valence-corrected chi connectivity index (χ1v) is 13.3. The van der Waals surface area contributed by atoms with Crippen molar-refractivity contribution in [2.45, 2.75) is 46.8 Å². The molecule has 2 heterocycles. The van der Waals surface area contributed by atoms with E-state index in [1.807, 2.05) is 27.7 Å². The highest BCUT2D eigenvalue weighted by Crippen LogP contribution is 2.33. The summed E-state index contributed by atoms with van der Waals surface area (Å²) in [5.74, 6) is 1.14. The molecule has 4 rings (SSSR count). The van der Waals surface area contributed by atoms with Gasteiger partial charge in [0.05, 0.1) is 23.6 Å². The first-order valence-electron chi connectivity index (χ1n) is 13.3. The maximum absolute atomic E-state index is 13.2. The molecule has 1 fully saturated rings. The molecule has 2 aromatic carbocycles. The van der Waals surface area contributed by atoms with Gasteiger partial charge in [-0.3, -0.25) is 0 Å². The number of halogens is 3. The van der Waals surface area contributed by atoms with Crippen LogP contribution in [-0.4, -0.2) is 52.7 Å². The number of alkyl halides is 3. The molecule has 1 atom stereocenters. The molecule has 0 bridgehead atoms. The van der Waals surface area contributed by atoms with Gasteiger partial charge in [-0.05, 0) is 76.6 Å². The highest BCUT2D eigenvalue weighted by molar-refractivity contribution is 5.99. The summed E-state index contributed by atoms with van der Waals surface area (Å²) in [7, 11) is 0. The van der Waals surface area contributed by atoms with Gasteiger partial charge in [-0.25, -0.2) is 19.6 Å². The van der Waals surface area contributed by atoms with Crippen LogP contribution in [-0.2, 0) is 15.8 Å². The number of piperazine rings is 1. The third-order valence-corrected chi connectivity index (χ3v) is 6.47. The van der Waals surface area contributed by atoms with Gasteiger partial charge in [0.15, 0.2) is 0 Å². The number of ether oxygens (including phenoxy) is 1. The van der Waals surface area contributed by atoms with Gasteiger partial charge in [0.1, 0.15) is 17.9 Å². The molecule has 224 valence electrons. The Kier molecular flexibility index (Phi) is 8.90. The van der Waals surface area contributed by atoms with E-state index in [0.717, 1.165) is 6.07 Å². The van der Waals surface area contributed by atoms with Crippen LogP contribution in [0.15, 0.2) is 54.9 Å². The molecule has 42 heavy (non-hydrogen) atoms. The number of anilines is 3. The minimum atomic E-state index is -4.52. The Hall–Kier alpha value is -4.39. The van der Waals surface area contributed by atoms with Crippen molar-refractivity contribution < 1.29 is 32.3 Å². The number of carbonyl (C=O) groups excluding carboxylic acids is 2. The van der Waals surface area contributed by atoms with Crippen LogP contribution in [0.2, 0.25) is 0 Å². The van der Waals surface area contributed by atoms with E-state index in [1.54, 1.807) is 35.4 Å². The number of rotatable bonds is 6. The van der Waals surface area contributed by atoms with Crippen molar-refractivity contribution in [2.75, 3.05) is 35.2 Å². The molecule has 1 aliphatic rings. The van der Waals surface area contributed by atoms with Crippen molar-refractivity contribution in [3.8, 4) is 11.6 Å². The van der Waals surface area contributed by atoms with Crippen molar-refractivity contribution in [3.05, 3.63) is 66.0 Å². The number of amides is 2. The molecule has 0 aliphatic carbocycles. The van der Waals surface area contributed by atoms with Crippen molar-refractivity contribution in [3.63, 3.8) is 0 Å². The zero-order chi connectivity index (χ0) is 30.7. The minimum absolute atomic E-state index is 0.0201. The molecule has 0 saturated carbocycles. The molecular formula is C29H33F3N6O4. The second kappa shape index (κ2) is 12.2. The Balaban J connectivity index is 1.32. The van der Waals surface area contributed by atoms with E-state index in [2.05, 4.69) is 25.5 Å². The summed E-state index contributed by atoms with van der Waals surface area (Å²) in [5, 5.41) is 6.69. The van der Waals surface area contributed by atoms with Crippen LogP contribution in [0.4, 0.5) is 35.2 Å². The number of nitrogens with zero attached hydrogens (tertiary/aromatic N) is 4. The number of aromatic nitrogens is 2. The average Bonchev–Trinajstić information content (AvgIpc) is 2.91. The predicted octanol–water partition coefficient (Wildman–Crippen LogP) is 6.25. The van der Waals surface area contributed by atoms with Gasteiger partial charge in [-0.2, -0.15) is 13.2 Å². The first-order chi connectivity index (χ1) is 19.7. The molecule has 0 unspecified atom stereocenters. The Morgan fingerprint density at radius 1 is 0.952 bits per heavy atom. The summed E-state index contributed by atoms with van der Waals surface area (Å²) >= 11 is 0.